The molecule has 2 fully saturated rings. The van der Waals surface area contributed by atoms with Crippen LogP contribution >= 0.6 is 11.6 Å². The molecule has 0 saturated carbocycles. The van der Waals surface area contributed by atoms with Crippen LogP contribution in [0, 0.1) is 0 Å². The Balaban J connectivity index is 1.23. The van der Waals surface area contributed by atoms with Crippen LogP contribution in [-0.2, 0) is 6.54 Å². The molecule has 2 aliphatic heterocycles. The number of carbonyl (C=O) groups excluding carboxylic acids is 1. The van der Waals surface area contributed by atoms with Gasteiger partial charge in [-0.1, -0.05) is 54.1 Å². The van der Waals surface area contributed by atoms with Crippen LogP contribution in [-0.4, -0.2) is 51.7 Å². The van der Waals surface area contributed by atoms with Gasteiger partial charge in [0.25, 0.3) is 5.91 Å². The smallest absolute Gasteiger partial charge is 0.257 e. The number of carbonyl (C=O) groups is 1. The third kappa shape index (κ3) is 5.58. The van der Waals surface area contributed by atoms with Crippen LogP contribution < -0.4 is 5.73 Å². The molecule has 2 saturated heterocycles. The number of likely N-dealkylation sites (tertiary alicyclic amines) is 2. The molecule has 2 aliphatic rings. The van der Waals surface area contributed by atoms with Gasteiger partial charge in [-0.25, -0.2) is 4.68 Å². The number of benzene rings is 3. The maximum Gasteiger partial charge on any atom is 0.257 e. The fourth-order valence-corrected chi connectivity index (χ4v) is 6.19. The van der Waals surface area contributed by atoms with Crippen molar-refractivity contribution >= 4 is 23.2 Å². The number of amides is 1. The Morgan fingerprint density at radius 2 is 1.56 bits per heavy atom. The third-order valence-electron chi connectivity index (χ3n) is 8.21. The van der Waals surface area contributed by atoms with Crippen LogP contribution in [0.2, 0.25) is 5.02 Å². The normalized spacial score (nSPS) is 18.5. The molecule has 2 N–H and O–H groups in total. The predicted molar refractivity (Wildman–Crippen MR) is 156 cm³/mol. The summed E-state index contributed by atoms with van der Waals surface area (Å²) < 4.78 is 1.97. The molecule has 3 heterocycles. The van der Waals surface area contributed by atoms with E-state index in [1.54, 1.807) is 6.20 Å². The first kappa shape index (κ1) is 25.7. The van der Waals surface area contributed by atoms with Gasteiger partial charge in [-0.2, -0.15) is 5.10 Å². The molecule has 0 unspecified atom stereocenters. The Bertz CT molecular complexity index is 1410. The van der Waals surface area contributed by atoms with Gasteiger partial charge in [0.15, 0.2) is 0 Å². The van der Waals surface area contributed by atoms with Gasteiger partial charge in [0.1, 0.15) is 0 Å². The van der Waals surface area contributed by atoms with Crippen molar-refractivity contribution in [3.05, 3.63) is 112 Å². The molecule has 39 heavy (non-hydrogen) atoms. The number of halogens is 1. The summed E-state index contributed by atoms with van der Waals surface area (Å²) in [6.45, 7) is 4.35. The highest BCUT2D eigenvalue weighted by atomic mass is 35.5. The number of anilines is 1. The number of rotatable bonds is 6. The molecule has 4 aromatic rings. The van der Waals surface area contributed by atoms with Crippen molar-refractivity contribution in [1.82, 2.24) is 19.6 Å². The lowest BCUT2D eigenvalue weighted by Crippen LogP contribution is -2.34. The highest BCUT2D eigenvalue weighted by Crippen LogP contribution is 2.35. The summed E-state index contributed by atoms with van der Waals surface area (Å²) in [5.74, 6) is 0.715. The number of piperidine rings is 1. The van der Waals surface area contributed by atoms with E-state index in [9.17, 15) is 4.79 Å². The van der Waals surface area contributed by atoms with Crippen molar-refractivity contribution in [1.29, 1.82) is 0 Å². The highest BCUT2D eigenvalue weighted by molar-refractivity contribution is 6.30. The summed E-state index contributed by atoms with van der Waals surface area (Å²) in [6.07, 6.45) is 4.71. The van der Waals surface area contributed by atoms with E-state index in [1.807, 2.05) is 52.0 Å². The van der Waals surface area contributed by atoms with Crippen LogP contribution in [0.15, 0.2) is 85.1 Å². The van der Waals surface area contributed by atoms with Gasteiger partial charge in [-0.05, 0) is 79.9 Å². The monoisotopic (exact) mass is 539 g/mol. The van der Waals surface area contributed by atoms with E-state index in [0.717, 1.165) is 74.6 Å². The summed E-state index contributed by atoms with van der Waals surface area (Å²) >= 11 is 6.18. The minimum absolute atomic E-state index is 0.0907. The Hall–Kier alpha value is -3.61. The molecule has 0 bridgehead atoms. The molecule has 1 amide bonds. The van der Waals surface area contributed by atoms with Gasteiger partial charge < -0.3 is 10.6 Å². The Morgan fingerprint density at radius 3 is 2.28 bits per heavy atom. The molecule has 1 aromatic heterocycles. The zero-order valence-electron chi connectivity index (χ0n) is 22.0. The molecule has 6 rings (SSSR count). The Morgan fingerprint density at radius 1 is 0.872 bits per heavy atom. The van der Waals surface area contributed by atoms with Gasteiger partial charge in [0.2, 0.25) is 0 Å². The summed E-state index contributed by atoms with van der Waals surface area (Å²) in [5, 5.41) is 5.44. The zero-order valence-corrected chi connectivity index (χ0v) is 22.8. The van der Waals surface area contributed by atoms with E-state index >= 15 is 0 Å². The molecule has 1 atom stereocenters. The lowest BCUT2D eigenvalue weighted by Gasteiger charge is -2.33. The van der Waals surface area contributed by atoms with E-state index < -0.39 is 0 Å². The van der Waals surface area contributed by atoms with E-state index in [-0.39, 0.29) is 11.8 Å². The number of nitrogen functional groups attached to an aromatic ring is 1. The van der Waals surface area contributed by atoms with Gasteiger partial charge in [-0.15, -0.1) is 0 Å². The summed E-state index contributed by atoms with van der Waals surface area (Å²) in [7, 11) is 0. The standard InChI is InChI=1S/C32H34ClN5O/c33-27-8-12-29(13-9-27)38-31(25-14-17-36(18-15-25)21-23-6-10-28(34)11-7-23)30(20-35-38)32(39)37-19-16-26(22-37)24-4-2-1-3-5-24/h1-13,20,25-26H,14-19,21-22,34H2/t26-/m0/s1. The third-order valence-corrected chi connectivity index (χ3v) is 8.47. The quantitative estimate of drug-likeness (QED) is 0.300. The van der Waals surface area contributed by atoms with Crippen LogP contribution in [0.4, 0.5) is 5.69 Å². The summed E-state index contributed by atoms with van der Waals surface area (Å²) in [6, 6.07) is 26.4. The van der Waals surface area contributed by atoms with Crippen molar-refractivity contribution in [2.75, 3.05) is 31.9 Å². The van der Waals surface area contributed by atoms with Crippen LogP contribution in [0.3, 0.4) is 0 Å². The molecule has 3 aromatic carbocycles. The lowest BCUT2D eigenvalue weighted by molar-refractivity contribution is 0.0788. The minimum atomic E-state index is 0.0907. The number of nitrogens with two attached hydrogens (primary N) is 1. The van der Waals surface area contributed by atoms with E-state index in [1.165, 1.54) is 11.1 Å². The van der Waals surface area contributed by atoms with Gasteiger partial charge in [-0.3, -0.25) is 9.69 Å². The molecule has 0 spiro atoms. The second-order valence-electron chi connectivity index (χ2n) is 10.8. The van der Waals surface area contributed by atoms with E-state index in [2.05, 4.69) is 41.3 Å². The van der Waals surface area contributed by atoms with E-state index in [0.29, 0.717) is 10.9 Å². The van der Waals surface area contributed by atoms with Crippen molar-refractivity contribution in [2.24, 2.45) is 0 Å². The highest BCUT2D eigenvalue weighted by Gasteiger charge is 2.34. The Kier molecular flexibility index (Phi) is 7.40. The van der Waals surface area contributed by atoms with Crippen molar-refractivity contribution in [3.63, 3.8) is 0 Å². The van der Waals surface area contributed by atoms with Crippen LogP contribution in [0.25, 0.3) is 5.69 Å². The van der Waals surface area contributed by atoms with Gasteiger partial charge in [0.05, 0.1) is 23.1 Å². The molecule has 0 aliphatic carbocycles. The topological polar surface area (TPSA) is 67.4 Å². The molecule has 7 heteroatoms. The molecule has 0 radical (unpaired) electrons. The number of hydrogen-bond acceptors (Lipinski definition) is 4. The zero-order chi connectivity index (χ0) is 26.8. The average molecular weight is 540 g/mol. The average Bonchev–Trinajstić information content (AvgIpc) is 3.64. The van der Waals surface area contributed by atoms with Gasteiger partial charge >= 0.3 is 0 Å². The fraction of sp³-hybridized carbons (Fsp3) is 0.312. The van der Waals surface area contributed by atoms with Crippen molar-refractivity contribution in [2.45, 2.75) is 37.6 Å². The summed E-state index contributed by atoms with van der Waals surface area (Å²) in [4.78, 5) is 18.4. The number of aromatic nitrogens is 2. The maximum absolute atomic E-state index is 13.9. The molecular formula is C32H34ClN5O. The molecular weight excluding hydrogens is 506 g/mol. The second kappa shape index (κ2) is 11.2. The first-order chi connectivity index (χ1) is 19.0. The number of nitrogens with zero attached hydrogens (tertiary/aromatic N) is 4. The van der Waals surface area contributed by atoms with Crippen LogP contribution in [0.5, 0.6) is 0 Å². The summed E-state index contributed by atoms with van der Waals surface area (Å²) in [5.41, 5.74) is 11.9. The van der Waals surface area contributed by atoms with Crippen molar-refractivity contribution in [3.8, 4) is 5.69 Å². The van der Waals surface area contributed by atoms with Gasteiger partial charge in [0, 0.05) is 42.2 Å². The largest absolute Gasteiger partial charge is 0.399 e. The minimum Gasteiger partial charge on any atom is -0.399 e. The SMILES string of the molecule is Nc1ccc(CN2CCC(c3c(C(=O)N4CC[C@H](c5ccccc5)C4)cnn3-c3ccc(Cl)cc3)CC2)cc1. The van der Waals surface area contributed by atoms with Crippen LogP contribution in [0.1, 0.15) is 58.3 Å². The predicted octanol–water partition coefficient (Wildman–Crippen LogP) is 6.12. The Labute approximate surface area is 235 Å². The first-order valence-corrected chi connectivity index (χ1v) is 14.2. The lowest BCUT2D eigenvalue weighted by atomic mass is 9.90. The first-order valence-electron chi connectivity index (χ1n) is 13.8. The number of hydrogen-bond donors (Lipinski definition) is 1. The molecule has 6 nitrogen and oxygen atoms in total. The van der Waals surface area contributed by atoms with E-state index in [4.69, 9.17) is 22.4 Å². The van der Waals surface area contributed by atoms with Crippen molar-refractivity contribution < 1.29 is 4.79 Å². The second-order valence-corrected chi connectivity index (χ2v) is 11.2. The fourth-order valence-electron chi connectivity index (χ4n) is 6.06. The molecule has 200 valence electrons. The maximum atomic E-state index is 13.9.